The van der Waals surface area contributed by atoms with Gasteiger partial charge in [0.1, 0.15) is 0 Å². The van der Waals surface area contributed by atoms with Crippen LogP contribution >= 0.6 is 11.3 Å². The molecule has 6 nitrogen and oxygen atoms in total. The molecule has 0 bridgehead atoms. The molecule has 202 valence electrons. The molecule has 0 saturated heterocycles. The van der Waals surface area contributed by atoms with Crippen LogP contribution in [0.2, 0.25) is 0 Å². The Morgan fingerprint density at radius 3 is 2.63 bits per heavy atom. The number of hydrogen-bond donors (Lipinski definition) is 5. The molecular formula is C31H41N5OS. The monoisotopic (exact) mass is 531 g/mol. The van der Waals surface area contributed by atoms with Gasteiger partial charge in [0.2, 0.25) is 0 Å². The fourth-order valence-corrected chi connectivity index (χ4v) is 5.23. The average Bonchev–Trinajstić information content (AvgIpc) is 3.28. The number of allylic oxidation sites excluding steroid dienone is 3. The Morgan fingerprint density at radius 1 is 1.18 bits per heavy atom. The summed E-state index contributed by atoms with van der Waals surface area (Å²) < 4.78 is 0. The Hall–Kier alpha value is -3.71. The van der Waals surface area contributed by atoms with Crippen molar-refractivity contribution >= 4 is 40.4 Å². The van der Waals surface area contributed by atoms with Crippen molar-refractivity contribution in [3.05, 3.63) is 93.6 Å². The minimum Gasteiger partial charge on any atom is -0.405 e. The van der Waals surface area contributed by atoms with E-state index in [0.29, 0.717) is 18.0 Å². The van der Waals surface area contributed by atoms with Crippen LogP contribution in [0.25, 0.3) is 6.08 Å². The van der Waals surface area contributed by atoms with E-state index in [9.17, 15) is 4.79 Å². The van der Waals surface area contributed by atoms with E-state index in [1.807, 2.05) is 36.6 Å². The fourth-order valence-electron chi connectivity index (χ4n) is 4.36. The number of amides is 1. The predicted octanol–water partition coefficient (Wildman–Crippen LogP) is 7.47. The lowest BCUT2D eigenvalue weighted by molar-refractivity contribution is 0.0967. The molecule has 1 aromatic carbocycles. The first-order valence-electron chi connectivity index (χ1n) is 13.1. The van der Waals surface area contributed by atoms with Gasteiger partial charge in [-0.3, -0.25) is 4.79 Å². The van der Waals surface area contributed by atoms with Crippen molar-refractivity contribution in [2.75, 3.05) is 29.0 Å². The number of nitrogens with one attached hydrogen (secondary N) is 4. The molecule has 0 aliphatic heterocycles. The lowest BCUT2D eigenvalue weighted by Crippen LogP contribution is -2.28. The highest BCUT2D eigenvalue weighted by Crippen LogP contribution is 2.33. The summed E-state index contributed by atoms with van der Waals surface area (Å²) in [4.78, 5) is 14.5. The molecule has 0 spiro atoms. The number of thiophene rings is 1. The third-order valence-corrected chi connectivity index (χ3v) is 7.36. The van der Waals surface area contributed by atoms with Gasteiger partial charge in [0, 0.05) is 46.8 Å². The summed E-state index contributed by atoms with van der Waals surface area (Å²) in [6.45, 7) is 17.7. The first-order valence-corrected chi connectivity index (χ1v) is 14.0. The Kier molecular flexibility index (Phi) is 10.4. The minimum atomic E-state index is -0.133. The number of nitrogens with two attached hydrogens (primary N) is 1. The van der Waals surface area contributed by atoms with Crippen molar-refractivity contribution in [3.8, 4) is 0 Å². The smallest absolute Gasteiger partial charge is 0.258 e. The van der Waals surface area contributed by atoms with E-state index in [-0.39, 0.29) is 5.91 Å². The van der Waals surface area contributed by atoms with Crippen LogP contribution < -0.4 is 27.0 Å². The molecule has 0 atom stereocenters. The van der Waals surface area contributed by atoms with Crippen LogP contribution in [-0.4, -0.2) is 19.0 Å². The standard InChI is InChI=1S/C31H41N5OS/c1-7-28-30(33-16-14-20(2)3)27(19-38-28)31(37)36-29-22(6)11-12-23(26(29)13-15-32)18-34-24-9-8-10-25(17-24)35-21(4)5/h7-10,13,15,17,19-20,33-35H,1,4,11-12,14,16,18,32H2,2-3,5-6H3,(H,36,37)/b15-13-. The van der Waals surface area contributed by atoms with E-state index in [1.165, 1.54) is 23.1 Å². The highest BCUT2D eigenvalue weighted by Gasteiger charge is 2.23. The fraction of sp³-hybridized carbons (Fsp3) is 0.323. The number of benzene rings is 1. The molecule has 1 aliphatic rings. The molecule has 38 heavy (non-hydrogen) atoms. The second-order valence-corrected chi connectivity index (χ2v) is 10.9. The van der Waals surface area contributed by atoms with E-state index in [1.54, 1.807) is 6.08 Å². The van der Waals surface area contributed by atoms with Gasteiger partial charge in [0.15, 0.2) is 0 Å². The van der Waals surface area contributed by atoms with Crippen LogP contribution in [0.1, 0.15) is 62.2 Å². The number of hydrogen-bond acceptors (Lipinski definition) is 6. The lowest BCUT2D eigenvalue weighted by atomic mass is 9.89. The normalized spacial score (nSPS) is 13.7. The van der Waals surface area contributed by atoms with Gasteiger partial charge >= 0.3 is 0 Å². The first kappa shape index (κ1) is 28.9. The van der Waals surface area contributed by atoms with Crippen molar-refractivity contribution in [1.29, 1.82) is 0 Å². The van der Waals surface area contributed by atoms with Crippen molar-refractivity contribution in [1.82, 2.24) is 5.32 Å². The minimum absolute atomic E-state index is 0.133. The molecule has 0 radical (unpaired) electrons. The van der Waals surface area contributed by atoms with Crippen LogP contribution in [0.3, 0.4) is 0 Å². The third kappa shape index (κ3) is 7.65. The highest BCUT2D eigenvalue weighted by atomic mass is 32.1. The maximum absolute atomic E-state index is 13.5. The molecule has 7 heteroatoms. The largest absolute Gasteiger partial charge is 0.405 e. The summed E-state index contributed by atoms with van der Waals surface area (Å²) in [5.41, 5.74) is 14.3. The van der Waals surface area contributed by atoms with Crippen molar-refractivity contribution < 1.29 is 4.79 Å². The van der Waals surface area contributed by atoms with Crippen LogP contribution in [0.4, 0.5) is 17.1 Å². The molecule has 0 unspecified atom stereocenters. The highest BCUT2D eigenvalue weighted by molar-refractivity contribution is 7.11. The molecule has 1 amide bonds. The molecule has 6 N–H and O–H groups in total. The summed E-state index contributed by atoms with van der Waals surface area (Å²) in [5, 5.41) is 15.4. The summed E-state index contributed by atoms with van der Waals surface area (Å²) in [5.74, 6) is 0.444. The van der Waals surface area contributed by atoms with Gasteiger partial charge in [-0.15, -0.1) is 11.3 Å². The van der Waals surface area contributed by atoms with Gasteiger partial charge < -0.3 is 27.0 Å². The molecule has 1 heterocycles. The maximum Gasteiger partial charge on any atom is 0.258 e. The third-order valence-electron chi connectivity index (χ3n) is 6.38. The van der Waals surface area contributed by atoms with E-state index >= 15 is 0 Å². The number of carbonyl (C=O) groups is 1. The number of carbonyl (C=O) groups excluding carboxylic acids is 1. The van der Waals surface area contributed by atoms with E-state index in [2.05, 4.69) is 61.3 Å². The number of anilines is 3. The van der Waals surface area contributed by atoms with Gasteiger partial charge in [-0.05, 0) is 80.6 Å². The zero-order valence-corrected chi connectivity index (χ0v) is 23.9. The van der Waals surface area contributed by atoms with Gasteiger partial charge in [-0.1, -0.05) is 39.1 Å². The van der Waals surface area contributed by atoms with Gasteiger partial charge in [0.25, 0.3) is 5.91 Å². The molecule has 2 aromatic rings. The Balaban J connectivity index is 1.82. The summed E-state index contributed by atoms with van der Waals surface area (Å²) in [6, 6.07) is 8.11. The predicted molar refractivity (Wildman–Crippen MR) is 165 cm³/mol. The molecule has 1 aromatic heterocycles. The number of rotatable bonds is 13. The summed E-state index contributed by atoms with van der Waals surface area (Å²) >= 11 is 1.52. The zero-order valence-electron chi connectivity index (χ0n) is 23.0. The quantitative estimate of drug-likeness (QED) is 0.185. The van der Waals surface area contributed by atoms with E-state index < -0.39 is 0 Å². The summed E-state index contributed by atoms with van der Waals surface area (Å²) in [7, 11) is 0. The Labute approximate surface area is 231 Å². The van der Waals surface area contributed by atoms with Crippen LogP contribution in [-0.2, 0) is 0 Å². The van der Waals surface area contributed by atoms with Gasteiger partial charge in [0.05, 0.1) is 16.1 Å². The maximum atomic E-state index is 13.5. The Morgan fingerprint density at radius 2 is 1.95 bits per heavy atom. The van der Waals surface area contributed by atoms with E-state index in [0.717, 1.165) is 70.3 Å². The topological polar surface area (TPSA) is 91.2 Å². The molecule has 0 saturated carbocycles. The van der Waals surface area contributed by atoms with Crippen LogP contribution in [0.5, 0.6) is 0 Å². The second kappa shape index (κ2) is 13.7. The zero-order chi connectivity index (χ0) is 27.7. The molecule has 3 rings (SSSR count). The van der Waals surface area contributed by atoms with Crippen molar-refractivity contribution in [2.45, 2.75) is 47.0 Å². The second-order valence-electron chi connectivity index (χ2n) is 10.0. The molecule has 1 aliphatic carbocycles. The van der Waals surface area contributed by atoms with Gasteiger partial charge in [-0.25, -0.2) is 0 Å². The lowest BCUT2D eigenvalue weighted by Gasteiger charge is -2.25. The van der Waals surface area contributed by atoms with Crippen molar-refractivity contribution in [2.24, 2.45) is 11.7 Å². The molecular weight excluding hydrogens is 490 g/mol. The van der Waals surface area contributed by atoms with Crippen LogP contribution in [0.15, 0.2) is 83.2 Å². The summed E-state index contributed by atoms with van der Waals surface area (Å²) in [6.07, 6.45) is 8.01. The molecule has 0 fully saturated rings. The first-order chi connectivity index (χ1) is 18.2. The SMILES string of the molecule is C=Cc1scc(C(=O)NC2=C(C)CCC(CNc3cccc(NC(=C)C)c3)=C2/C=C\N)c1NCCC(C)C. The van der Waals surface area contributed by atoms with E-state index in [4.69, 9.17) is 5.73 Å². The Bertz CT molecular complexity index is 1260. The van der Waals surface area contributed by atoms with Crippen molar-refractivity contribution in [3.63, 3.8) is 0 Å². The average molecular weight is 532 g/mol. The van der Waals surface area contributed by atoms with Crippen LogP contribution in [0, 0.1) is 5.92 Å². The van der Waals surface area contributed by atoms with Gasteiger partial charge in [-0.2, -0.15) is 0 Å².